The fourth-order valence-corrected chi connectivity index (χ4v) is 1.78. The van der Waals surface area contributed by atoms with Crippen molar-refractivity contribution in [2.75, 3.05) is 0 Å². The van der Waals surface area contributed by atoms with Gasteiger partial charge in [0.2, 0.25) is 0 Å². The number of aryl methyl sites for hydroxylation is 2. The predicted molar refractivity (Wildman–Crippen MR) is 68.5 cm³/mol. The lowest BCUT2D eigenvalue weighted by Crippen LogP contribution is -1.93. The molecule has 0 fully saturated rings. The van der Waals surface area contributed by atoms with Crippen molar-refractivity contribution >= 4 is 0 Å². The molecule has 2 aromatic rings. The first-order valence-electron chi connectivity index (χ1n) is 5.70. The summed E-state index contributed by atoms with van der Waals surface area (Å²) < 4.78 is 0. The van der Waals surface area contributed by atoms with Gasteiger partial charge in [0.1, 0.15) is 11.8 Å². The first kappa shape index (κ1) is 11.3. The van der Waals surface area contributed by atoms with Gasteiger partial charge in [0.15, 0.2) is 0 Å². The van der Waals surface area contributed by atoms with Crippen molar-refractivity contribution in [1.29, 1.82) is 5.26 Å². The fourth-order valence-electron chi connectivity index (χ4n) is 1.78. The van der Waals surface area contributed by atoms with Crippen LogP contribution in [0, 0.1) is 18.3 Å². The molecule has 0 bridgehead atoms. The third-order valence-electron chi connectivity index (χ3n) is 2.84. The molecule has 1 aromatic carbocycles. The summed E-state index contributed by atoms with van der Waals surface area (Å²) in [6, 6.07) is 12.5. The average Bonchev–Trinajstić information content (AvgIpc) is 2.39. The predicted octanol–water partition coefficient (Wildman–Crippen LogP) is 3.49. The van der Waals surface area contributed by atoms with Gasteiger partial charge in [0.25, 0.3) is 0 Å². The Morgan fingerprint density at radius 3 is 2.47 bits per heavy atom. The lowest BCUT2D eigenvalue weighted by molar-refractivity contribution is 1.08. The van der Waals surface area contributed by atoms with Crippen LogP contribution in [0.3, 0.4) is 0 Å². The third-order valence-corrected chi connectivity index (χ3v) is 2.84. The van der Waals surface area contributed by atoms with E-state index in [-0.39, 0.29) is 0 Å². The molecule has 0 aliphatic heterocycles. The summed E-state index contributed by atoms with van der Waals surface area (Å²) in [5, 5.41) is 8.93. The fraction of sp³-hybridized carbons (Fsp3) is 0.200. The van der Waals surface area contributed by atoms with E-state index in [1.54, 1.807) is 6.20 Å². The van der Waals surface area contributed by atoms with Crippen LogP contribution in [0.25, 0.3) is 11.1 Å². The molecule has 1 aromatic heterocycles. The van der Waals surface area contributed by atoms with Crippen molar-refractivity contribution in [2.45, 2.75) is 20.3 Å². The van der Waals surface area contributed by atoms with Gasteiger partial charge in [-0.25, -0.2) is 4.98 Å². The van der Waals surface area contributed by atoms with Crippen LogP contribution in [0.1, 0.15) is 23.7 Å². The second-order valence-electron chi connectivity index (χ2n) is 4.06. The molecule has 0 saturated heterocycles. The number of hydrogen-bond donors (Lipinski definition) is 0. The minimum absolute atomic E-state index is 0.531. The Hall–Kier alpha value is -2.14. The van der Waals surface area contributed by atoms with E-state index >= 15 is 0 Å². The topological polar surface area (TPSA) is 36.7 Å². The highest BCUT2D eigenvalue weighted by molar-refractivity contribution is 5.64. The van der Waals surface area contributed by atoms with Crippen LogP contribution in [0.15, 0.2) is 36.5 Å². The maximum Gasteiger partial charge on any atom is 0.143 e. The number of pyridine rings is 1. The molecule has 0 aliphatic rings. The van der Waals surface area contributed by atoms with Crippen LogP contribution in [-0.2, 0) is 6.42 Å². The Kier molecular flexibility index (Phi) is 3.20. The van der Waals surface area contributed by atoms with Gasteiger partial charge in [-0.05, 0) is 30.5 Å². The zero-order chi connectivity index (χ0) is 12.3. The summed E-state index contributed by atoms with van der Waals surface area (Å²) >= 11 is 0. The molecule has 0 aliphatic carbocycles. The minimum atomic E-state index is 0.531. The SMILES string of the molecule is CCc1cc(-c2ccc(C)cc2)cnc1C#N. The van der Waals surface area contributed by atoms with Crippen molar-refractivity contribution in [3.63, 3.8) is 0 Å². The Balaban J connectivity index is 2.47. The standard InChI is InChI=1S/C15H14N2/c1-3-12-8-14(10-17-15(12)9-16)13-6-4-11(2)5-7-13/h4-8,10H,3H2,1-2H3. The van der Waals surface area contributed by atoms with Gasteiger partial charge in [-0.2, -0.15) is 5.26 Å². The molecule has 0 spiro atoms. The van der Waals surface area contributed by atoms with E-state index in [1.165, 1.54) is 5.56 Å². The molecule has 0 atom stereocenters. The molecule has 2 heteroatoms. The molecule has 0 amide bonds. The van der Waals surface area contributed by atoms with Crippen LogP contribution in [-0.4, -0.2) is 4.98 Å². The Bertz CT molecular complexity index is 562. The van der Waals surface area contributed by atoms with Crippen molar-refractivity contribution in [2.24, 2.45) is 0 Å². The molecule has 0 N–H and O–H groups in total. The normalized spacial score (nSPS) is 9.94. The summed E-state index contributed by atoms with van der Waals surface area (Å²) in [6.45, 7) is 4.11. The Morgan fingerprint density at radius 1 is 1.18 bits per heavy atom. The second kappa shape index (κ2) is 4.80. The van der Waals surface area contributed by atoms with Crippen LogP contribution in [0.2, 0.25) is 0 Å². The zero-order valence-electron chi connectivity index (χ0n) is 10.1. The van der Waals surface area contributed by atoms with Crippen LogP contribution in [0.5, 0.6) is 0 Å². The van der Waals surface area contributed by atoms with E-state index in [0.29, 0.717) is 5.69 Å². The summed E-state index contributed by atoms with van der Waals surface area (Å²) in [5.41, 5.74) is 4.99. The molecular weight excluding hydrogens is 208 g/mol. The molecule has 2 rings (SSSR count). The number of nitriles is 1. The van der Waals surface area contributed by atoms with Gasteiger partial charge in [-0.15, -0.1) is 0 Å². The maximum absolute atomic E-state index is 8.93. The number of nitrogens with zero attached hydrogens (tertiary/aromatic N) is 2. The quantitative estimate of drug-likeness (QED) is 0.779. The molecule has 1 heterocycles. The number of aromatic nitrogens is 1. The van der Waals surface area contributed by atoms with Crippen molar-refractivity contribution < 1.29 is 0 Å². The van der Waals surface area contributed by atoms with Gasteiger partial charge >= 0.3 is 0 Å². The van der Waals surface area contributed by atoms with Crippen molar-refractivity contribution in [3.05, 3.63) is 53.3 Å². The summed E-state index contributed by atoms with van der Waals surface area (Å²) in [4.78, 5) is 4.21. The number of benzene rings is 1. The molecule has 0 saturated carbocycles. The Morgan fingerprint density at radius 2 is 1.88 bits per heavy atom. The molecule has 84 valence electrons. The van der Waals surface area contributed by atoms with E-state index in [0.717, 1.165) is 23.1 Å². The second-order valence-corrected chi connectivity index (χ2v) is 4.06. The van der Waals surface area contributed by atoms with Crippen LogP contribution in [0.4, 0.5) is 0 Å². The Labute approximate surface area is 102 Å². The largest absolute Gasteiger partial charge is 0.245 e. The van der Waals surface area contributed by atoms with Gasteiger partial charge in [-0.1, -0.05) is 36.8 Å². The number of rotatable bonds is 2. The monoisotopic (exact) mass is 222 g/mol. The minimum Gasteiger partial charge on any atom is -0.245 e. The summed E-state index contributed by atoms with van der Waals surface area (Å²) in [5.74, 6) is 0. The highest BCUT2D eigenvalue weighted by Gasteiger charge is 2.04. The van der Waals surface area contributed by atoms with Gasteiger partial charge in [0, 0.05) is 11.8 Å². The smallest absolute Gasteiger partial charge is 0.143 e. The molecular formula is C15H14N2. The summed E-state index contributed by atoms with van der Waals surface area (Å²) in [7, 11) is 0. The first-order valence-corrected chi connectivity index (χ1v) is 5.70. The van der Waals surface area contributed by atoms with Crippen LogP contribution >= 0.6 is 0 Å². The lowest BCUT2D eigenvalue weighted by atomic mass is 10.0. The average molecular weight is 222 g/mol. The third kappa shape index (κ3) is 2.34. The highest BCUT2D eigenvalue weighted by Crippen LogP contribution is 2.21. The highest BCUT2D eigenvalue weighted by atomic mass is 14.7. The van der Waals surface area contributed by atoms with E-state index in [4.69, 9.17) is 5.26 Å². The van der Waals surface area contributed by atoms with Crippen molar-refractivity contribution in [1.82, 2.24) is 4.98 Å². The lowest BCUT2D eigenvalue weighted by Gasteiger charge is -2.05. The van der Waals surface area contributed by atoms with Gasteiger partial charge in [-0.3, -0.25) is 0 Å². The van der Waals surface area contributed by atoms with Gasteiger partial charge in [0.05, 0.1) is 0 Å². The molecule has 0 radical (unpaired) electrons. The molecule has 0 unspecified atom stereocenters. The van der Waals surface area contributed by atoms with E-state index in [2.05, 4.69) is 48.3 Å². The van der Waals surface area contributed by atoms with E-state index in [9.17, 15) is 0 Å². The van der Waals surface area contributed by atoms with E-state index < -0.39 is 0 Å². The number of hydrogen-bond acceptors (Lipinski definition) is 2. The summed E-state index contributed by atoms with van der Waals surface area (Å²) in [6.07, 6.45) is 2.60. The molecule has 17 heavy (non-hydrogen) atoms. The van der Waals surface area contributed by atoms with E-state index in [1.807, 2.05) is 6.92 Å². The molecule has 2 nitrogen and oxygen atoms in total. The first-order chi connectivity index (χ1) is 8.24. The van der Waals surface area contributed by atoms with Crippen molar-refractivity contribution in [3.8, 4) is 17.2 Å². The maximum atomic E-state index is 8.93. The zero-order valence-corrected chi connectivity index (χ0v) is 10.1. The van der Waals surface area contributed by atoms with Gasteiger partial charge < -0.3 is 0 Å². The van der Waals surface area contributed by atoms with Crippen LogP contribution < -0.4 is 0 Å².